The molecule has 122 valence electrons. The van der Waals surface area contributed by atoms with E-state index < -0.39 is 11.7 Å². The molecule has 1 aromatic heterocycles. The van der Waals surface area contributed by atoms with Crippen molar-refractivity contribution in [3.8, 4) is 0 Å². The van der Waals surface area contributed by atoms with E-state index >= 15 is 0 Å². The summed E-state index contributed by atoms with van der Waals surface area (Å²) in [5.74, 6) is -0.155. The molecule has 0 N–H and O–H groups in total. The van der Waals surface area contributed by atoms with Crippen molar-refractivity contribution in [1.82, 2.24) is 9.47 Å². The highest BCUT2D eigenvalue weighted by atomic mass is 16.6. The first kappa shape index (κ1) is 16.8. The van der Waals surface area contributed by atoms with Crippen LogP contribution in [0.3, 0.4) is 0 Å². The number of hydrogen-bond acceptors (Lipinski definition) is 4. The number of fused-ring (bicyclic) bond motifs is 1. The predicted octanol–water partition coefficient (Wildman–Crippen LogP) is 3.68. The molecule has 0 atom stereocenters. The highest BCUT2D eigenvalue weighted by molar-refractivity contribution is 6.14. The lowest BCUT2D eigenvalue weighted by Crippen LogP contribution is -2.26. The van der Waals surface area contributed by atoms with Gasteiger partial charge in [0.05, 0.1) is 5.52 Å². The zero-order valence-corrected chi connectivity index (χ0v) is 14.2. The molecule has 5 nitrogen and oxygen atoms in total. The fourth-order valence-corrected chi connectivity index (χ4v) is 2.14. The Hall–Kier alpha value is -2.56. The van der Waals surface area contributed by atoms with Crippen molar-refractivity contribution in [1.29, 1.82) is 0 Å². The Balaban J connectivity index is 2.48. The average molecular weight is 314 g/mol. The van der Waals surface area contributed by atoms with E-state index in [9.17, 15) is 9.59 Å². The summed E-state index contributed by atoms with van der Waals surface area (Å²) in [6, 6.07) is 7.29. The van der Waals surface area contributed by atoms with Crippen LogP contribution in [0.25, 0.3) is 10.9 Å². The summed E-state index contributed by atoms with van der Waals surface area (Å²) in [5, 5.41) is 0.728. The van der Waals surface area contributed by atoms with Crippen molar-refractivity contribution < 1.29 is 14.3 Å². The first-order valence-electron chi connectivity index (χ1n) is 7.41. The number of ether oxygens (including phenoxy) is 1. The molecule has 0 aliphatic heterocycles. The molecule has 0 unspecified atom stereocenters. The van der Waals surface area contributed by atoms with E-state index in [2.05, 4.69) is 0 Å². The van der Waals surface area contributed by atoms with Gasteiger partial charge in [-0.1, -0.05) is 18.2 Å². The maximum atomic E-state index is 12.4. The number of carbonyl (C=O) groups excluding carboxylic acids is 2. The maximum absolute atomic E-state index is 12.4. The molecule has 2 rings (SSSR count). The monoisotopic (exact) mass is 314 g/mol. The number of rotatable bonds is 3. The number of carbonyl (C=O) groups is 2. The lowest BCUT2D eigenvalue weighted by atomic mass is 10.1. The second kappa shape index (κ2) is 6.28. The van der Waals surface area contributed by atoms with Gasteiger partial charge < -0.3 is 9.64 Å². The highest BCUT2D eigenvalue weighted by Gasteiger charge is 2.22. The fourth-order valence-electron chi connectivity index (χ4n) is 2.14. The van der Waals surface area contributed by atoms with E-state index in [1.807, 2.05) is 53.1 Å². The summed E-state index contributed by atoms with van der Waals surface area (Å²) in [4.78, 5) is 26.6. The largest absolute Gasteiger partial charge is 0.443 e. The van der Waals surface area contributed by atoms with Crippen LogP contribution in [0.4, 0.5) is 4.79 Å². The zero-order chi connectivity index (χ0) is 17.2. The minimum absolute atomic E-state index is 0.155. The standard InChI is InChI=1S/C18H22N2O3/c1-18(2,3)23-17(22)20-12-14(16(21)10-11-19(4)5)13-8-6-7-9-15(13)20/h6-12H,1-5H3/b11-10+. The Morgan fingerprint density at radius 3 is 2.43 bits per heavy atom. The van der Waals surface area contributed by atoms with Crippen LogP contribution >= 0.6 is 0 Å². The van der Waals surface area contributed by atoms with Crippen molar-refractivity contribution in [3.05, 3.63) is 48.3 Å². The molecule has 1 aromatic carbocycles. The summed E-state index contributed by atoms with van der Waals surface area (Å²) >= 11 is 0. The van der Waals surface area contributed by atoms with Crippen LogP contribution in [0.5, 0.6) is 0 Å². The quantitative estimate of drug-likeness (QED) is 0.640. The van der Waals surface area contributed by atoms with Gasteiger partial charge in [0, 0.05) is 43.5 Å². The van der Waals surface area contributed by atoms with E-state index in [0.29, 0.717) is 11.1 Å². The van der Waals surface area contributed by atoms with Gasteiger partial charge in [-0.2, -0.15) is 0 Å². The van der Waals surface area contributed by atoms with Crippen LogP contribution in [-0.2, 0) is 4.74 Å². The zero-order valence-electron chi connectivity index (χ0n) is 14.2. The first-order chi connectivity index (χ1) is 10.7. The normalized spacial score (nSPS) is 11.9. The molecule has 2 aromatic rings. The molecule has 0 radical (unpaired) electrons. The molecule has 0 saturated heterocycles. The van der Waals surface area contributed by atoms with E-state index in [0.717, 1.165) is 5.39 Å². The van der Waals surface area contributed by atoms with E-state index in [1.54, 1.807) is 23.4 Å². The van der Waals surface area contributed by atoms with E-state index in [1.165, 1.54) is 10.6 Å². The molecule has 0 fully saturated rings. The Morgan fingerprint density at radius 1 is 1.17 bits per heavy atom. The van der Waals surface area contributed by atoms with Crippen LogP contribution < -0.4 is 0 Å². The SMILES string of the molecule is CN(C)/C=C/C(=O)c1cn(C(=O)OC(C)(C)C)c2ccccc12. The Kier molecular flexibility index (Phi) is 4.59. The third-order valence-electron chi connectivity index (χ3n) is 3.09. The molecule has 5 heteroatoms. The van der Waals surface area contributed by atoms with Gasteiger partial charge in [-0.05, 0) is 26.8 Å². The molecule has 0 spiro atoms. The first-order valence-corrected chi connectivity index (χ1v) is 7.41. The fraction of sp³-hybridized carbons (Fsp3) is 0.333. The van der Waals surface area contributed by atoms with Gasteiger partial charge in [0.2, 0.25) is 0 Å². The number of hydrogen-bond donors (Lipinski definition) is 0. The third kappa shape index (κ3) is 4.00. The predicted molar refractivity (Wildman–Crippen MR) is 90.7 cm³/mol. The van der Waals surface area contributed by atoms with Crippen LogP contribution in [0.1, 0.15) is 31.1 Å². The van der Waals surface area contributed by atoms with Crippen molar-refractivity contribution in [2.45, 2.75) is 26.4 Å². The number of allylic oxidation sites excluding steroid dienone is 1. The molecule has 0 amide bonds. The molecular formula is C18H22N2O3. The van der Waals surface area contributed by atoms with E-state index in [4.69, 9.17) is 4.74 Å². The number of benzene rings is 1. The summed E-state index contributed by atoms with van der Waals surface area (Å²) in [6.07, 6.45) is 4.22. The van der Waals surface area contributed by atoms with Crippen molar-refractivity contribution in [2.24, 2.45) is 0 Å². The van der Waals surface area contributed by atoms with Gasteiger partial charge in [-0.25, -0.2) is 4.79 Å². The Bertz CT molecular complexity index is 764. The third-order valence-corrected chi connectivity index (χ3v) is 3.09. The second-order valence-electron chi connectivity index (χ2n) is 6.55. The topological polar surface area (TPSA) is 51.5 Å². The average Bonchev–Trinajstić information content (AvgIpc) is 2.82. The molecule has 0 saturated carbocycles. The van der Waals surface area contributed by atoms with Crippen LogP contribution in [0, 0.1) is 0 Å². The van der Waals surface area contributed by atoms with Gasteiger partial charge in [0.1, 0.15) is 5.60 Å². The van der Waals surface area contributed by atoms with Crippen molar-refractivity contribution in [3.63, 3.8) is 0 Å². The summed E-state index contributed by atoms with van der Waals surface area (Å²) in [5.41, 5.74) is 0.533. The summed E-state index contributed by atoms with van der Waals surface area (Å²) < 4.78 is 6.80. The second-order valence-corrected chi connectivity index (χ2v) is 6.55. The number of ketones is 1. The molecule has 0 aliphatic rings. The lowest BCUT2D eigenvalue weighted by Gasteiger charge is -2.19. The van der Waals surface area contributed by atoms with Gasteiger partial charge in [-0.3, -0.25) is 9.36 Å². The number of aromatic nitrogens is 1. The van der Waals surface area contributed by atoms with Crippen LogP contribution in [-0.4, -0.2) is 41.0 Å². The van der Waals surface area contributed by atoms with Crippen molar-refractivity contribution >= 4 is 22.8 Å². The maximum Gasteiger partial charge on any atom is 0.419 e. The van der Waals surface area contributed by atoms with Crippen LogP contribution in [0.15, 0.2) is 42.7 Å². The van der Waals surface area contributed by atoms with Gasteiger partial charge in [0.25, 0.3) is 0 Å². The Labute approximate surface area is 136 Å². The van der Waals surface area contributed by atoms with E-state index in [-0.39, 0.29) is 5.78 Å². The number of para-hydroxylation sites is 1. The van der Waals surface area contributed by atoms with Gasteiger partial charge >= 0.3 is 6.09 Å². The molecule has 23 heavy (non-hydrogen) atoms. The van der Waals surface area contributed by atoms with Gasteiger partial charge in [-0.15, -0.1) is 0 Å². The molecule has 1 heterocycles. The summed E-state index contributed by atoms with van der Waals surface area (Å²) in [6.45, 7) is 5.42. The van der Waals surface area contributed by atoms with Crippen molar-refractivity contribution in [2.75, 3.05) is 14.1 Å². The summed E-state index contributed by atoms with van der Waals surface area (Å²) in [7, 11) is 3.68. The molecule has 0 aliphatic carbocycles. The van der Waals surface area contributed by atoms with Crippen LogP contribution in [0.2, 0.25) is 0 Å². The molecular weight excluding hydrogens is 292 g/mol. The number of nitrogens with zero attached hydrogens (tertiary/aromatic N) is 2. The minimum Gasteiger partial charge on any atom is -0.443 e. The lowest BCUT2D eigenvalue weighted by molar-refractivity contribution is 0.0544. The molecule has 0 bridgehead atoms. The highest BCUT2D eigenvalue weighted by Crippen LogP contribution is 2.23. The Morgan fingerprint density at radius 2 is 1.83 bits per heavy atom. The smallest absolute Gasteiger partial charge is 0.419 e. The van der Waals surface area contributed by atoms with Gasteiger partial charge in [0.15, 0.2) is 5.78 Å². The minimum atomic E-state index is -0.600.